The fourth-order valence-corrected chi connectivity index (χ4v) is 4.32. The van der Waals surface area contributed by atoms with Crippen LogP contribution in [0.5, 0.6) is 5.75 Å². The van der Waals surface area contributed by atoms with Crippen molar-refractivity contribution in [1.82, 2.24) is 0 Å². The van der Waals surface area contributed by atoms with Gasteiger partial charge in [0.05, 0.1) is 18.1 Å². The van der Waals surface area contributed by atoms with Crippen molar-refractivity contribution in [3.8, 4) is 5.75 Å². The Hall–Kier alpha value is -2.34. The Morgan fingerprint density at radius 1 is 1.28 bits per heavy atom. The fourth-order valence-electron chi connectivity index (χ4n) is 3.94. The van der Waals surface area contributed by atoms with Gasteiger partial charge in [0, 0.05) is 22.1 Å². The molecular formula is C19H17BrN2O3. The summed E-state index contributed by atoms with van der Waals surface area (Å²) >= 11 is 3.55. The summed E-state index contributed by atoms with van der Waals surface area (Å²) in [7, 11) is 1.45. The van der Waals surface area contributed by atoms with Gasteiger partial charge in [-0.05, 0) is 47.7 Å². The molecule has 0 bridgehead atoms. The van der Waals surface area contributed by atoms with Gasteiger partial charge < -0.3 is 10.1 Å². The highest BCUT2D eigenvalue weighted by Crippen LogP contribution is 2.50. The standard InChI is InChI=1S/C19H17BrN2O3/c1-25-18-8-5-11(9-17(18)22(23)24)19-14-4-2-3-13(14)15-10-12(20)6-7-16(15)21-19/h2-3,5-10,13-14,19,21H,4H2,1H3/t13?,14-,19-/m0/s1. The number of nitrogens with one attached hydrogen (secondary N) is 1. The zero-order valence-electron chi connectivity index (χ0n) is 13.6. The van der Waals surface area contributed by atoms with E-state index < -0.39 is 0 Å². The lowest BCUT2D eigenvalue weighted by atomic mass is 9.77. The van der Waals surface area contributed by atoms with E-state index in [2.05, 4.69) is 45.5 Å². The van der Waals surface area contributed by atoms with Gasteiger partial charge in [-0.2, -0.15) is 0 Å². The van der Waals surface area contributed by atoms with E-state index in [9.17, 15) is 10.1 Å². The number of benzene rings is 2. The van der Waals surface area contributed by atoms with Crippen molar-refractivity contribution in [3.63, 3.8) is 0 Å². The van der Waals surface area contributed by atoms with E-state index in [1.807, 2.05) is 12.1 Å². The molecule has 4 rings (SSSR count). The molecule has 5 nitrogen and oxygen atoms in total. The first-order valence-corrected chi connectivity index (χ1v) is 8.93. The van der Waals surface area contributed by atoms with Crippen LogP contribution >= 0.6 is 15.9 Å². The van der Waals surface area contributed by atoms with E-state index in [-0.39, 0.29) is 22.4 Å². The fraction of sp³-hybridized carbons (Fsp3) is 0.263. The van der Waals surface area contributed by atoms with E-state index in [4.69, 9.17) is 4.74 Å². The summed E-state index contributed by atoms with van der Waals surface area (Å²) in [6.45, 7) is 0. The van der Waals surface area contributed by atoms with Gasteiger partial charge in [-0.15, -0.1) is 0 Å². The van der Waals surface area contributed by atoms with Crippen molar-refractivity contribution in [2.45, 2.75) is 18.4 Å². The predicted molar refractivity (Wildman–Crippen MR) is 100 cm³/mol. The maximum atomic E-state index is 11.4. The van der Waals surface area contributed by atoms with E-state index in [0.717, 1.165) is 22.1 Å². The Morgan fingerprint density at radius 3 is 2.88 bits per heavy atom. The number of rotatable bonds is 3. The van der Waals surface area contributed by atoms with Crippen molar-refractivity contribution in [2.75, 3.05) is 12.4 Å². The third kappa shape index (κ3) is 2.70. The molecular weight excluding hydrogens is 384 g/mol. The third-order valence-electron chi connectivity index (χ3n) is 5.08. The number of methoxy groups -OCH3 is 1. The minimum atomic E-state index is -0.388. The Labute approximate surface area is 154 Å². The van der Waals surface area contributed by atoms with Crippen molar-refractivity contribution >= 4 is 27.3 Å². The van der Waals surface area contributed by atoms with Gasteiger partial charge in [-0.3, -0.25) is 10.1 Å². The number of halogens is 1. The van der Waals surface area contributed by atoms with Crippen LogP contribution in [0.2, 0.25) is 0 Å². The van der Waals surface area contributed by atoms with E-state index in [1.54, 1.807) is 12.1 Å². The number of hydrogen-bond acceptors (Lipinski definition) is 4. The molecule has 1 unspecified atom stereocenters. The maximum absolute atomic E-state index is 11.4. The second-order valence-corrected chi connectivity index (χ2v) is 7.31. The SMILES string of the molecule is COc1ccc([C@@H]2Nc3ccc(Br)cc3C3C=CC[C@@H]32)cc1[N+](=O)[O-]. The third-order valence-corrected chi connectivity index (χ3v) is 5.58. The molecule has 1 aliphatic heterocycles. The Bertz CT molecular complexity index is 881. The Morgan fingerprint density at radius 2 is 2.12 bits per heavy atom. The Balaban J connectivity index is 1.78. The lowest BCUT2D eigenvalue weighted by Gasteiger charge is -2.37. The highest BCUT2D eigenvalue weighted by molar-refractivity contribution is 9.10. The molecule has 1 aliphatic carbocycles. The van der Waals surface area contributed by atoms with Crippen LogP contribution in [0.25, 0.3) is 0 Å². The van der Waals surface area contributed by atoms with Crippen LogP contribution in [0.3, 0.4) is 0 Å². The number of ether oxygens (including phenoxy) is 1. The molecule has 2 aromatic carbocycles. The first-order valence-electron chi connectivity index (χ1n) is 8.13. The van der Waals surface area contributed by atoms with Crippen molar-refractivity contribution in [2.24, 2.45) is 5.92 Å². The van der Waals surface area contributed by atoms with Crippen LogP contribution in [0.15, 0.2) is 53.0 Å². The van der Waals surface area contributed by atoms with Gasteiger partial charge in [-0.25, -0.2) is 0 Å². The van der Waals surface area contributed by atoms with Crippen molar-refractivity contribution in [3.05, 3.63) is 74.3 Å². The zero-order chi connectivity index (χ0) is 17.6. The van der Waals surface area contributed by atoms with Gasteiger partial charge in [-0.1, -0.05) is 34.1 Å². The van der Waals surface area contributed by atoms with Crippen LogP contribution in [-0.4, -0.2) is 12.0 Å². The molecule has 3 atom stereocenters. The topological polar surface area (TPSA) is 64.4 Å². The van der Waals surface area contributed by atoms with Crippen LogP contribution in [0.4, 0.5) is 11.4 Å². The molecule has 0 amide bonds. The summed E-state index contributed by atoms with van der Waals surface area (Å²) in [5, 5.41) is 15.0. The molecule has 1 N–H and O–H groups in total. The average Bonchev–Trinajstić information content (AvgIpc) is 3.10. The molecule has 128 valence electrons. The predicted octanol–water partition coefficient (Wildman–Crippen LogP) is 5.19. The monoisotopic (exact) mass is 400 g/mol. The highest BCUT2D eigenvalue weighted by atomic mass is 79.9. The molecule has 2 aromatic rings. The summed E-state index contributed by atoms with van der Waals surface area (Å²) in [6, 6.07) is 11.5. The smallest absolute Gasteiger partial charge is 0.311 e. The number of nitro groups is 1. The first-order chi connectivity index (χ1) is 12.1. The Kier molecular flexibility index (Phi) is 4.00. The number of anilines is 1. The molecule has 6 heteroatoms. The summed E-state index contributed by atoms with van der Waals surface area (Å²) in [4.78, 5) is 11.0. The molecule has 25 heavy (non-hydrogen) atoms. The number of nitrogens with zero attached hydrogens (tertiary/aromatic N) is 1. The van der Waals surface area contributed by atoms with Crippen LogP contribution < -0.4 is 10.1 Å². The summed E-state index contributed by atoms with van der Waals surface area (Å²) in [5.74, 6) is 0.949. The molecule has 0 radical (unpaired) electrons. The van der Waals surface area contributed by atoms with Gasteiger partial charge >= 0.3 is 5.69 Å². The van der Waals surface area contributed by atoms with Crippen LogP contribution in [-0.2, 0) is 0 Å². The number of nitro benzene ring substituents is 1. The minimum Gasteiger partial charge on any atom is -0.490 e. The summed E-state index contributed by atoms with van der Waals surface area (Å²) in [6.07, 6.45) is 5.41. The summed E-state index contributed by atoms with van der Waals surface area (Å²) < 4.78 is 6.19. The molecule has 0 spiro atoms. The van der Waals surface area contributed by atoms with Gasteiger partial charge in [0.2, 0.25) is 0 Å². The second-order valence-electron chi connectivity index (χ2n) is 6.40. The zero-order valence-corrected chi connectivity index (χ0v) is 15.2. The molecule has 0 fully saturated rings. The minimum absolute atomic E-state index is 0.00547. The van der Waals surface area contributed by atoms with Crippen molar-refractivity contribution < 1.29 is 9.66 Å². The highest BCUT2D eigenvalue weighted by Gasteiger charge is 2.38. The number of fused-ring (bicyclic) bond motifs is 3. The number of hydrogen-bond donors (Lipinski definition) is 1. The van der Waals surface area contributed by atoms with E-state index in [0.29, 0.717) is 11.8 Å². The number of allylic oxidation sites excluding steroid dienone is 2. The average molecular weight is 401 g/mol. The maximum Gasteiger partial charge on any atom is 0.311 e. The molecule has 1 heterocycles. The molecule has 0 saturated heterocycles. The second kappa shape index (κ2) is 6.19. The lowest BCUT2D eigenvalue weighted by Crippen LogP contribution is -2.29. The largest absolute Gasteiger partial charge is 0.490 e. The quantitative estimate of drug-likeness (QED) is 0.437. The van der Waals surface area contributed by atoms with Crippen LogP contribution in [0, 0.1) is 16.0 Å². The normalized spacial score (nSPS) is 23.5. The lowest BCUT2D eigenvalue weighted by molar-refractivity contribution is -0.385. The van der Waals surface area contributed by atoms with E-state index >= 15 is 0 Å². The summed E-state index contributed by atoms with van der Waals surface area (Å²) in [5.41, 5.74) is 3.28. The molecule has 0 aromatic heterocycles. The first kappa shape index (κ1) is 16.1. The van der Waals surface area contributed by atoms with Crippen molar-refractivity contribution in [1.29, 1.82) is 0 Å². The molecule has 2 aliphatic rings. The van der Waals surface area contributed by atoms with Gasteiger partial charge in [0.1, 0.15) is 0 Å². The van der Waals surface area contributed by atoms with E-state index in [1.165, 1.54) is 12.7 Å². The van der Waals surface area contributed by atoms with Gasteiger partial charge in [0.15, 0.2) is 5.75 Å². The van der Waals surface area contributed by atoms with Crippen LogP contribution in [0.1, 0.15) is 29.5 Å². The van der Waals surface area contributed by atoms with Gasteiger partial charge in [0.25, 0.3) is 0 Å². The molecule has 0 saturated carbocycles.